The summed E-state index contributed by atoms with van der Waals surface area (Å²) in [6, 6.07) is 7.21. The van der Waals surface area contributed by atoms with Gasteiger partial charge in [-0.1, -0.05) is 30.8 Å². The predicted molar refractivity (Wildman–Crippen MR) is 131 cm³/mol. The Morgan fingerprint density at radius 3 is 2.26 bits per heavy atom. The molecule has 2 heterocycles. The summed E-state index contributed by atoms with van der Waals surface area (Å²) in [5.41, 5.74) is -0.671. The summed E-state index contributed by atoms with van der Waals surface area (Å²) in [5, 5.41) is 2.75. The van der Waals surface area contributed by atoms with Gasteiger partial charge in [-0.3, -0.25) is 4.79 Å². The number of aryl methyl sites for hydroxylation is 1. The van der Waals surface area contributed by atoms with Crippen molar-refractivity contribution in [3.05, 3.63) is 82.6 Å². The monoisotopic (exact) mass is 554 g/mol. The lowest BCUT2D eigenvalue weighted by molar-refractivity contribution is -0.143. The average molecular weight is 555 g/mol. The lowest BCUT2D eigenvalue weighted by atomic mass is 9.90. The van der Waals surface area contributed by atoms with Crippen molar-refractivity contribution in [3.63, 3.8) is 0 Å². The zero-order valence-corrected chi connectivity index (χ0v) is 21.3. The van der Waals surface area contributed by atoms with E-state index >= 15 is 0 Å². The van der Waals surface area contributed by atoms with Crippen LogP contribution in [-0.4, -0.2) is 59.4 Å². The van der Waals surface area contributed by atoms with Crippen LogP contribution in [-0.2, 0) is 23.7 Å². The van der Waals surface area contributed by atoms with Crippen molar-refractivity contribution in [3.8, 4) is 0 Å². The van der Waals surface area contributed by atoms with E-state index in [1.54, 1.807) is 4.90 Å². The molecule has 2 aromatic carbocycles. The molecule has 0 radical (unpaired) electrons. The first-order valence-electron chi connectivity index (χ1n) is 12.2. The number of piperazine rings is 1. The van der Waals surface area contributed by atoms with Crippen molar-refractivity contribution < 1.29 is 35.9 Å². The molecule has 0 aromatic heterocycles. The number of nitrogens with one attached hydrogen (secondary N) is 1. The number of nitrogens with zero attached hydrogens (tertiary/aromatic N) is 3. The Balaban J connectivity index is 1.66. The van der Waals surface area contributed by atoms with Crippen molar-refractivity contribution in [2.45, 2.75) is 50.4 Å². The molecule has 0 spiro atoms. The van der Waals surface area contributed by atoms with E-state index in [1.807, 2.05) is 36.1 Å². The fourth-order valence-corrected chi connectivity index (χ4v) is 5.52. The summed E-state index contributed by atoms with van der Waals surface area (Å²) in [5.74, 6) is 0. The van der Waals surface area contributed by atoms with Gasteiger partial charge in [-0.2, -0.15) is 26.3 Å². The maximum atomic E-state index is 13.7. The minimum atomic E-state index is -4.98. The third kappa shape index (κ3) is 5.69. The van der Waals surface area contributed by atoms with Crippen LogP contribution < -0.4 is 5.32 Å². The Kier molecular flexibility index (Phi) is 7.59. The number of halogens is 6. The fraction of sp³-hybridized carbons (Fsp3) is 0.407. The van der Waals surface area contributed by atoms with E-state index in [1.165, 1.54) is 7.05 Å². The smallest absolute Gasteiger partial charge is 0.366 e. The van der Waals surface area contributed by atoms with Crippen LogP contribution in [0, 0.1) is 6.92 Å². The highest BCUT2D eigenvalue weighted by atomic mass is 19.4. The number of hydrogen-bond donors (Lipinski definition) is 1. The molecule has 39 heavy (non-hydrogen) atoms. The number of amides is 3. The van der Waals surface area contributed by atoms with Crippen LogP contribution in [0.1, 0.15) is 40.3 Å². The number of alkyl halides is 6. The van der Waals surface area contributed by atoms with E-state index in [4.69, 9.17) is 0 Å². The second kappa shape index (κ2) is 10.5. The van der Waals surface area contributed by atoms with Crippen molar-refractivity contribution in [1.82, 2.24) is 20.0 Å². The Labute approximate surface area is 221 Å². The second-order valence-corrected chi connectivity index (χ2v) is 9.87. The van der Waals surface area contributed by atoms with Gasteiger partial charge >= 0.3 is 18.4 Å². The molecule has 2 aliphatic heterocycles. The molecule has 6 nitrogen and oxygen atoms in total. The number of carbonyl (C=O) groups excluding carboxylic acids is 2. The molecule has 4 rings (SSSR count). The number of carbonyl (C=O) groups is 2. The van der Waals surface area contributed by atoms with E-state index in [-0.39, 0.29) is 30.3 Å². The normalized spacial score (nSPS) is 21.5. The summed E-state index contributed by atoms with van der Waals surface area (Å²) >= 11 is 0. The van der Waals surface area contributed by atoms with Gasteiger partial charge in [-0.15, -0.1) is 0 Å². The van der Waals surface area contributed by atoms with Crippen molar-refractivity contribution in [2.24, 2.45) is 0 Å². The molecular formula is C27H28F6N4O2. The lowest BCUT2D eigenvalue weighted by Gasteiger charge is -2.47. The zero-order valence-electron chi connectivity index (χ0n) is 21.3. The van der Waals surface area contributed by atoms with E-state index in [2.05, 4.69) is 11.9 Å². The van der Waals surface area contributed by atoms with Gasteiger partial charge in [0.25, 0.3) is 0 Å². The van der Waals surface area contributed by atoms with Gasteiger partial charge in [-0.25, -0.2) is 4.79 Å². The number of hydrogen-bond acceptors (Lipinski definition) is 3. The van der Waals surface area contributed by atoms with Crippen LogP contribution >= 0.6 is 0 Å². The molecular weight excluding hydrogens is 526 g/mol. The highest BCUT2D eigenvalue weighted by Crippen LogP contribution is 2.42. The van der Waals surface area contributed by atoms with Crippen LogP contribution in [0.5, 0.6) is 0 Å². The molecule has 210 valence electrons. The predicted octanol–water partition coefficient (Wildman–Crippen LogP) is 5.34. The standard InChI is InChI=1S/C27H28F6N4O2/c1-16-6-4-5-7-21(16)24-23-13-22(34-15-38)17(2)36(23)8-9-37(24)25(39)35(3)14-18-10-19(26(28,29)30)12-20(11-18)27(31,32)33/h4-7,10-12,15,22-24H,2,8-9,13-14H2,1,3H3,(H,34,38). The molecule has 3 unspecified atom stereocenters. The van der Waals surface area contributed by atoms with Gasteiger partial charge in [0.15, 0.2) is 0 Å². The average Bonchev–Trinajstić information content (AvgIpc) is 3.17. The molecule has 3 amide bonds. The minimum absolute atomic E-state index is 0.0650. The number of rotatable bonds is 5. The number of benzene rings is 2. The van der Waals surface area contributed by atoms with Gasteiger partial charge in [0, 0.05) is 32.4 Å². The third-order valence-electron chi connectivity index (χ3n) is 7.35. The second-order valence-electron chi connectivity index (χ2n) is 9.87. The number of fused-ring (bicyclic) bond motifs is 1. The maximum absolute atomic E-state index is 13.7. The first-order valence-corrected chi connectivity index (χ1v) is 12.2. The highest BCUT2D eigenvalue weighted by molar-refractivity contribution is 5.75. The zero-order chi connectivity index (χ0) is 28.7. The van der Waals surface area contributed by atoms with E-state index in [0.717, 1.165) is 21.7 Å². The largest absolute Gasteiger partial charge is 0.416 e. The Morgan fingerprint density at radius 1 is 1.08 bits per heavy atom. The van der Waals surface area contributed by atoms with Crippen LogP contribution in [0.4, 0.5) is 31.1 Å². The Hall–Kier alpha value is -3.70. The molecule has 2 aliphatic rings. The van der Waals surface area contributed by atoms with Gasteiger partial charge in [0.1, 0.15) is 0 Å². The van der Waals surface area contributed by atoms with Crippen molar-refractivity contribution >= 4 is 12.4 Å². The van der Waals surface area contributed by atoms with Crippen LogP contribution in [0.25, 0.3) is 0 Å². The van der Waals surface area contributed by atoms with E-state index < -0.39 is 42.1 Å². The molecule has 3 atom stereocenters. The maximum Gasteiger partial charge on any atom is 0.416 e. The van der Waals surface area contributed by atoms with Crippen LogP contribution in [0.2, 0.25) is 0 Å². The molecule has 0 bridgehead atoms. The van der Waals surface area contributed by atoms with Crippen molar-refractivity contribution in [1.29, 1.82) is 0 Å². The van der Waals surface area contributed by atoms with E-state index in [0.29, 0.717) is 31.5 Å². The topological polar surface area (TPSA) is 55.9 Å². The molecule has 1 N–H and O–H groups in total. The summed E-state index contributed by atoms with van der Waals surface area (Å²) in [4.78, 5) is 29.6. The summed E-state index contributed by atoms with van der Waals surface area (Å²) in [6.45, 7) is 6.19. The molecule has 2 saturated heterocycles. The quantitative estimate of drug-likeness (QED) is 0.401. The summed E-state index contributed by atoms with van der Waals surface area (Å²) in [6.07, 6.45) is -8.89. The molecule has 12 heteroatoms. The van der Waals surface area contributed by atoms with Gasteiger partial charge in [0.2, 0.25) is 6.41 Å². The fourth-order valence-electron chi connectivity index (χ4n) is 5.52. The number of urea groups is 1. The molecule has 0 saturated carbocycles. The van der Waals surface area contributed by atoms with Crippen LogP contribution in [0.3, 0.4) is 0 Å². The third-order valence-corrected chi connectivity index (χ3v) is 7.35. The minimum Gasteiger partial charge on any atom is -0.366 e. The first-order chi connectivity index (χ1) is 18.2. The molecule has 0 aliphatic carbocycles. The lowest BCUT2D eigenvalue weighted by Crippen LogP contribution is -2.56. The Bertz CT molecular complexity index is 1230. The van der Waals surface area contributed by atoms with E-state index in [9.17, 15) is 35.9 Å². The SMILES string of the molecule is C=C1C(NC=O)CC2C(c3ccccc3C)N(C(=O)N(C)Cc3cc(C(F)(F)F)cc(C(F)(F)F)c3)CCN12. The summed E-state index contributed by atoms with van der Waals surface area (Å²) in [7, 11) is 1.35. The van der Waals surface area contributed by atoms with Gasteiger partial charge in [-0.05, 0) is 48.2 Å². The first kappa shape index (κ1) is 28.3. The summed E-state index contributed by atoms with van der Waals surface area (Å²) < 4.78 is 80.1. The molecule has 2 fully saturated rings. The van der Waals surface area contributed by atoms with Gasteiger partial charge in [0.05, 0.1) is 29.3 Å². The molecule has 2 aromatic rings. The van der Waals surface area contributed by atoms with Crippen LogP contribution in [0.15, 0.2) is 54.7 Å². The van der Waals surface area contributed by atoms with Crippen molar-refractivity contribution in [2.75, 3.05) is 20.1 Å². The Morgan fingerprint density at radius 2 is 1.69 bits per heavy atom. The highest BCUT2D eigenvalue weighted by Gasteiger charge is 2.47. The van der Waals surface area contributed by atoms with Gasteiger partial charge < -0.3 is 20.0 Å².